The number of phenols is 1. The van der Waals surface area contributed by atoms with Crippen LogP contribution in [-0.4, -0.2) is 45.9 Å². The summed E-state index contributed by atoms with van der Waals surface area (Å²) in [5.74, 6) is -1.60. The van der Waals surface area contributed by atoms with Crippen LogP contribution < -0.4 is 10.1 Å². The van der Waals surface area contributed by atoms with Crippen LogP contribution in [0.25, 0.3) is 0 Å². The van der Waals surface area contributed by atoms with E-state index in [1.54, 1.807) is 12.1 Å². The second kappa shape index (κ2) is 6.76. The molecule has 0 aliphatic rings. The number of aromatic hydroxyl groups is 1. The molecule has 0 aliphatic carbocycles. The van der Waals surface area contributed by atoms with Crippen LogP contribution in [0.15, 0.2) is 24.3 Å². The third-order valence-electron chi connectivity index (χ3n) is 2.42. The second-order valence-electron chi connectivity index (χ2n) is 4.60. The monoisotopic (exact) mass is 283 g/mol. The number of hydrogen-bond acceptors (Lipinski definition) is 5. The zero-order valence-corrected chi connectivity index (χ0v) is 11.0. The lowest BCUT2D eigenvalue weighted by Gasteiger charge is -2.21. The molecule has 1 amide bonds. The molecule has 0 saturated heterocycles. The molecule has 0 heterocycles. The van der Waals surface area contributed by atoms with E-state index in [1.807, 2.05) is 0 Å². The lowest BCUT2D eigenvalue weighted by molar-refractivity contribution is -0.142. The summed E-state index contributed by atoms with van der Waals surface area (Å²) in [7, 11) is 0. The Bertz CT molecular complexity index is 486. The van der Waals surface area contributed by atoms with Gasteiger partial charge in [0.2, 0.25) is 0 Å². The number of aliphatic hydroxyl groups is 1. The van der Waals surface area contributed by atoms with Crippen LogP contribution in [0, 0.1) is 0 Å². The number of carboxylic acids is 1. The van der Waals surface area contributed by atoms with Crippen molar-refractivity contribution in [1.29, 1.82) is 0 Å². The van der Waals surface area contributed by atoms with Crippen molar-refractivity contribution in [1.82, 2.24) is 5.32 Å². The molecule has 0 aromatic heterocycles. The van der Waals surface area contributed by atoms with Crippen LogP contribution in [-0.2, 0) is 9.59 Å². The number of rotatable bonds is 7. The van der Waals surface area contributed by atoms with E-state index < -0.39 is 23.9 Å². The Hall–Kier alpha value is -2.28. The van der Waals surface area contributed by atoms with E-state index >= 15 is 0 Å². The Kier molecular flexibility index (Phi) is 5.33. The van der Waals surface area contributed by atoms with E-state index in [0.717, 1.165) is 0 Å². The maximum atomic E-state index is 11.5. The number of phenolic OH excluding ortho intramolecular Hbond substituents is 1. The van der Waals surface area contributed by atoms with Crippen molar-refractivity contribution in [3.63, 3.8) is 0 Å². The highest BCUT2D eigenvalue weighted by Crippen LogP contribution is 2.23. The first-order valence-electron chi connectivity index (χ1n) is 5.92. The lowest BCUT2D eigenvalue weighted by Crippen LogP contribution is -2.43. The summed E-state index contributed by atoms with van der Waals surface area (Å²) in [5, 5.41) is 30.0. The molecule has 0 saturated carbocycles. The van der Waals surface area contributed by atoms with Gasteiger partial charge in [-0.05, 0) is 19.1 Å². The summed E-state index contributed by atoms with van der Waals surface area (Å²) in [5.41, 5.74) is -1.53. The Morgan fingerprint density at radius 3 is 2.60 bits per heavy atom. The number of carbonyl (C=O) groups is 2. The third-order valence-corrected chi connectivity index (χ3v) is 2.42. The predicted molar refractivity (Wildman–Crippen MR) is 69.5 cm³/mol. The molecule has 4 N–H and O–H groups in total. The van der Waals surface area contributed by atoms with Crippen molar-refractivity contribution in [2.75, 3.05) is 13.2 Å². The van der Waals surface area contributed by atoms with Crippen molar-refractivity contribution >= 4 is 11.9 Å². The largest absolute Gasteiger partial charge is 0.504 e. The smallest absolute Gasteiger partial charge is 0.306 e. The third kappa shape index (κ3) is 5.57. The number of amides is 1. The van der Waals surface area contributed by atoms with Gasteiger partial charge < -0.3 is 25.4 Å². The summed E-state index contributed by atoms with van der Waals surface area (Å²) >= 11 is 0. The van der Waals surface area contributed by atoms with Crippen molar-refractivity contribution in [2.45, 2.75) is 18.9 Å². The molecule has 0 fully saturated rings. The highest BCUT2D eigenvalue weighted by Gasteiger charge is 2.24. The fraction of sp³-hybridized carbons (Fsp3) is 0.385. The molecule has 1 aromatic rings. The Morgan fingerprint density at radius 1 is 1.35 bits per heavy atom. The van der Waals surface area contributed by atoms with E-state index in [2.05, 4.69) is 5.32 Å². The minimum atomic E-state index is -1.53. The normalized spacial score (nSPS) is 13.3. The first kappa shape index (κ1) is 15.8. The molecule has 0 aliphatic heterocycles. The van der Waals surface area contributed by atoms with E-state index in [4.69, 9.17) is 9.84 Å². The van der Waals surface area contributed by atoms with E-state index in [1.165, 1.54) is 19.1 Å². The number of ether oxygens (including phenoxy) is 1. The number of hydrogen-bond donors (Lipinski definition) is 4. The standard InChI is InChI=1S/C13H17NO6/c1-13(19,6-12(17)18)8-14-11(16)7-20-10-5-3-2-4-9(10)15/h2-5,15,19H,6-8H2,1H3,(H,14,16)(H,17,18). The quantitative estimate of drug-likeness (QED) is 0.564. The number of benzene rings is 1. The van der Waals surface area contributed by atoms with Gasteiger partial charge >= 0.3 is 5.97 Å². The highest BCUT2D eigenvalue weighted by atomic mass is 16.5. The maximum absolute atomic E-state index is 11.5. The van der Waals surface area contributed by atoms with Crippen molar-refractivity contribution in [3.05, 3.63) is 24.3 Å². The van der Waals surface area contributed by atoms with Crippen LogP contribution in [0.4, 0.5) is 0 Å². The maximum Gasteiger partial charge on any atom is 0.306 e. The van der Waals surface area contributed by atoms with E-state index in [-0.39, 0.29) is 24.7 Å². The van der Waals surface area contributed by atoms with Gasteiger partial charge in [-0.15, -0.1) is 0 Å². The van der Waals surface area contributed by atoms with Crippen LogP contribution in [0.3, 0.4) is 0 Å². The summed E-state index contributed by atoms with van der Waals surface area (Å²) in [6.07, 6.45) is -0.479. The van der Waals surface area contributed by atoms with E-state index in [0.29, 0.717) is 0 Å². The van der Waals surface area contributed by atoms with E-state index in [9.17, 15) is 19.8 Å². The second-order valence-corrected chi connectivity index (χ2v) is 4.60. The van der Waals surface area contributed by atoms with Gasteiger partial charge in [0.1, 0.15) is 0 Å². The fourth-order valence-corrected chi connectivity index (χ4v) is 1.45. The van der Waals surface area contributed by atoms with Crippen LogP contribution >= 0.6 is 0 Å². The van der Waals surface area contributed by atoms with Gasteiger partial charge in [0, 0.05) is 6.54 Å². The first-order chi connectivity index (χ1) is 9.30. The summed E-state index contributed by atoms with van der Waals surface area (Å²) < 4.78 is 5.08. The summed E-state index contributed by atoms with van der Waals surface area (Å²) in [6, 6.07) is 6.18. The zero-order chi connectivity index (χ0) is 15.2. The van der Waals surface area contributed by atoms with Gasteiger partial charge in [0.15, 0.2) is 18.1 Å². The topological polar surface area (TPSA) is 116 Å². The van der Waals surface area contributed by atoms with Crippen molar-refractivity contribution in [2.24, 2.45) is 0 Å². The molecule has 0 spiro atoms. The minimum absolute atomic E-state index is 0.0850. The van der Waals surface area contributed by atoms with Gasteiger partial charge in [-0.3, -0.25) is 9.59 Å². The Labute approximate surface area is 115 Å². The number of carboxylic acid groups (broad SMARTS) is 1. The highest BCUT2D eigenvalue weighted by molar-refractivity contribution is 5.77. The molecule has 1 rings (SSSR count). The molecule has 0 bridgehead atoms. The molecule has 0 radical (unpaired) electrons. The average Bonchev–Trinajstić information content (AvgIpc) is 2.34. The molecule has 7 nitrogen and oxygen atoms in total. The van der Waals surface area contributed by atoms with Crippen LogP contribution in [0.1, 0.15) is 13.3 Å². The zero-order valence-electron chi connectivity index (χ0n) is 11.0. The average molecular weight is 283 g/mol. The molecule has 20 heavy (non-hydrogen) atoms. The predicted octanol–water partition coefficient (Wildman–Crippen LogP) is 0.113. The number of nitrogens with one attached hydrogen (secondary N) is 1. The van der Waals surface area contributed by atoms with Gasteiger partial charge in [0.25, 0.3) is 5.91 Å². The number of para-hydroxylation sites is 2. The summed E-state index contributed by atoms with van der Waals surface area (Å²) in [6.45, 7) is 0.758. The molecule has 1 unspecified atom stereocenters. The van der Waals surface area contributed by atoms with Crippen LogP contribution in [0.2, 0.25) is 0 Å². The van der Waals surface area contributed by atoms with Crippen molar-refractivity contribution in [3.8, 4) is 11.5 Å². The van der Waals surface area contributed by atoms with Gasteiger partial charge in [-0.25, -0.2) is 0 Å². The molecule has 1 aromatic carbocycles. The first-order valence-corrected chi connectivity index (χ1v) is 5.92. The summed E-state index contributed by atoms with van der Waals surface area (Å²) in [4.78, 5) is 22.0. The molecular formula is C13H17NO6. The number of aliphatic carboxylic acids is 1. The Morgan fingerprint density at radius 2 is 2.00 bits per heavy atom. The minimum Gasteiger partial charge on any atom is -0.504 e. The molecule has 7 heteroatoms. The molecule has 1 atom stereocenters. The SMILES string of the molecule is CC(O)(CNC(=O)COc1ccccc1O)CC(=O)O. The molecular weight excluding hydrogens is 266 g/mol. The van der Waals surface area contributed by atoms with Crippen molar-refractivity contribution < 1.29 is 29.6 Å². The lowest BCUT2D eigenvalue weighted by atomic mass is 10.0. The van der Waals surface area contributed by atoms with Gasteiger partial charge in [-0.1, -0.05) is 12.1 Å². The van der Waals surface area contributed by atoms with Crippen LogP contribution in [0.5, 0.6) is 11.5 Å². The van der Waals surface area contributed by atoms with Gasteiger partial charge in [0.05, 0.1) is 12.0 Å². The fourth-order valence-electron chi connectivity index (χ4n) is 1.45. The number of carbonyl (C=O) groups excluding carboxylic acids is 1. The molecule has 110 valence electrons. The van der Waals surface area contributed by atoms with Gasteiger partial charge in [-0.2, -0.15) is 0 Å². The Balaban J connectivity index is 2.38.